The van der Waals surface area contributed by atoms with Crippen molar-refractivity contribution in [2.24, 2.45) is 4.99 Å². The smallest absolute Gasteiger partial charge is 0.191 e. The van der Waals surface area contributed by atoms with Crippen molar-refractivity contribution in [1.29, 1.82) is 0 Å². The molecule has 0 saturated heterocycles. The van der Waals surface area contributed by atoms with Crippen molar-refractivity contribution in [3.63, 3.8) is 0 Å². The zero-order chi connectivity index (χ0) is 12.9. The molecule has 1 rings (SSSR count). The number of thiophene rings is 1. The number of nitrogens with one attached hydrogen (secondary N) is 2. The van der Waals surface area contributed by atoms with Gasteiger partial charge < -0.3 is 10.6 Å². The molecule has 1 aromatic rings. The minimum Gasteiger partial charge on any atom is -0.356 e. The zero-order valence-corrected chi connectivity index (χ0v) is 14.9. The van der Waals surface area contributed by atoms with Crippen LogP contribution in [0.5, 0.6) is 0 Å². The number of hydrogen-bond donors (Lipinski definition) is 2. The van der Waals surface area contributed by atoms with Gasteiger partial charge in [-0.25, -0.2) is 0 Å². The maximum atomic E-state index is 4.22. The van der Waals surface area contributed by atoms with E-state index >= 15 is 0 Å². The maximum absolute atomic E-state index is 4.22. The lowest BCUT2D eigenvalue weighted by Gasteiger charge is -2.24. The van der Waals surface area contributed by atoms with Crippen molar-refractivity contribution in [2.75, 3.05) is 13.6 Å². The summed E-state index contributed by atoms with van der Waals surface area (Å²) in [4.78, 5) is 5.63. The van der Waals surface area contributed by atoms with E-state index in [0.717, 1.165) is 12.5 Å². The van der Waals surface area contributed by atoms with Crippen molar-refractivity contribution in [1.82, 2.24) is 10.6 Å². The van der Waals surface area contributed by atoms with Crippen LogP contribution in [0.1, 0.15) is 38.5 Å². The summed E-state index contributed by atoms with van der Waals surface area (Å²) in [5.41, 5.74) is 0.0357. The van der Waals surface area contributed by atoms with E-state index in [1.54, 1.807) is 18.4 Å². The maximum Gasteiger partial charge on any atom is 0.191 e. The van der Waals surface area contributed by atoms with Crippen molar-refractivity contribution in [3.05, 3.63) is 22.4 Å². The first-order valence-electron chi connectivity index (χ1n) is 5.94. The van der Waals surface area contributed by atoms with Crippen LogP contribution in [0.2, 0.25) is 0 Å². The van der Waals surface area contributed by atoms with Crippen LogP contribution in [0.3, 0.4) is 0 Å². The standard InChI is InChI=1S/C13H23N3S.HI/c1-10(11-7-6-8-17-11)9-15-12(14-5)16-13(2,3)4;/h6-8,10H,9H2,1-5H3,(H2,14,15,16);1H. The van der Waals surface area contributed by atoms with Crippen molar-refractivity contribution < 1.29 is 0 Å². The van der Waals surface area contributed by atoms with Gasteiger partial charge in [0.25, 0.3) is 0 Å². The van der Waals surface area contributed by atoms with Crippen LogP contribution in [0.25, 0.3) is 0 Å². The Morgan fingerprint density at radius 3 is 2.56 bits per heavy atom. The molecule has 0 radical (unpaired) electrons. The molecule has 2 N–H and O–H groups in total. The van der Waals surface area contributed by atoms with Crippen molar-refractivity contribution >= 4 is 41.3 Å². The van der Waals surface area contributed by atoms with Gasteiger partial charge in [0.15, 0.2) is 5.96 Å². The molecule has 0 aliphatic rings. The molecule has 0 fully saturated rings. The quantitative estimate of drug-likeness (QED) is 0.478. The molecule has 1 atom stereocenters. The second-order valence-electron chi connectivity index (χ2n) is 5.24. The molecule has 0 bridgehead atoms. The number of halogens is 1. The highest BCUT2D eigenvalue weighted by molar-refractivity contribution is 14.0. The van der Waals surface area contributed by atoms with E-state index in [1.165, 1.54) is 4.88 Å². The summed E-state index contributed by atoms with van der Waals surface area (Å²) in [7, 11) is 1.80. The third kappa shape index (κ3) is 6.58. The third-order valence-corrected chi connectivity index (χ3v) is 3.43. The van der Waals surface area contributed by atoms with Gasteiger partial charge in [-0.15, -0.1) is 35.3 Å². The van der Waals surface area contributed by atoms with Crippen LogP contribution in [-0.4, -0.2) is 25.1 Å². The SMILES string of the molecule is CN=C(NCC(C)c1cccs1)NC(C)(C)C.I. The molecule has 0 saturated carbocycles. The zero-order valence-electron chi connectivity index (χ0n) is 11.8. The van der Waals surface area contributed by atoms with Crippen molar-refractivity contribution in [2.45, 2.75) is 39.2 Å². The van der Waals surface area contributed by atoms with Crippen LogP contribution < -0.4 is 10.6 Å². The highest BCUT2D eigenvalue weighted by Crippen LogP contribution is 2.19. The van der Waals surface area contributed by atoms with E-state index in [9.17, 15) is 0 Å². The number of guanidine groups is 1. The van der Waals surface area contributed by atoms with Crippen LogP contribution in [0.4, 0.5) is 0 Å². The summed E-state index contributed by atoms with van der Waals surface area (Å²) >= 11 is 1.80. The van der Waals surface area contributed by atoms with Crippen LogP contribution >= 0.6 is 35.3 Å². The summed E-state index contributed by atoms with van der Waals surface area (Å²) in [6, 6.07) is 4.27. The molecule has 0 aliphatic heterocycles. The molecule has 5 heteroatoms. The highest BCUT2D eigenvalue weighted by Gasteiger charge is 2.13. The van der Waals surface area contributed by atoms with Crippen molar-refractivity contribution in [3.8, 4) is 0 Å². The van der Waals surface area contributed by atoms with E-state index in [-0.39, 0.29) is 29.5 Å². The topological polar surface area (TPSA) is 36.4 Å². The van der Waals surface area contributed by atoms with Gasteiger partial charge in [-0.2, -0.15) is 0 Å². The summed E-state index contributed by atoms with van der Waals surface area (Å²) in [5, 5.41) is 8.83. The molecular weight excluding hydrogens is 357 g/mol. The summed E-state index contributed by atoms with van der Waals surface area (Å²) < 4.78 is 0. The van der Waals surface area contributed by atoms with E-state index in [4.69, 9.17) is 0 Å². The van der Waals surface area contributed by atoms with E-state index in [1.807, 2.05) is 0 Å². The van der Waals surface area contributed by atoms with Gasteiger partial charge in [0, 0.05) is 29.9 Å². The van der Waals surface area contributed by atoms with Gasteiger partial charge >= 0.3 is 0 Å². The average molecular weight is 381 g/mol. The Bertz CT molecular complexity index is 355. The van der Waals surface area contributed by atoms with Gasteiger partial charge in [0.2, 0.25) is 0 Å². The molecule has 0 spiro atoms. The Labute approximate surface area is 131 Å². The number of rotatable bonds is 3. The first-order chi connectivity index (χ1) is 7.92. The molecule has 1 aromatic heterocycles. The molecule has 3 nitrogen and oxygen atoms in total. The van der Waals surface area contributed by atoms with Crippen LogP contribution in [0, 0.1) is 0 Å². The fraction of sp³-hybridized carbons (Fsp3) is 0.615. The summed E-state index contributed by atoms with van der Waals surface area (Å²) in [6.07, 6.45) is 0. The Hall–Kier alpha value is -0.300. The predicted molar refractivity (Wildman–Crippen MR) is 92.4 cm³/mol. The first kappa shape index (κ1) is 17.7. The number of nitrogens with zero attached hydrogens (tertiary/aromatic N) is 1. The Balaban J connectivity index is 0.00000289. The molecule has 0 aromatic carbocycles. The van der Waals surface area contributed by atoms with Gasteiger partial charge in [-0.1, -0.05) is 13.0 Å². The Morgan fingerprint density at radius 2 is 2.11 bits per heavy atom. The highest BCUT2D eigenvalue weighted by atomic mass is 127. The molecule has 18 heavy (non-hydrogen) atoms. The molecule has 1 heterocycles. The molecule has 0 amide bonds. The largest absolute Gasteiger partial charge is 0.356 e. The third-order valence-electron chi connectivity index (χ3n) is 2.32. The monoisotopic (exact) mass is 381 g/mol. The lowest BCUT2D eigenvalue weighted by Crippen LogP contribution is -2.48. The summed E-state index contributed by atoms with van der Waals surface area (Å²) in [6.45, 7) is 9.51. The first-order valence-corrected chi connectivity index (χ1v) is 6.82. The Morgan fingerprint density at radius 1 is 1.44 bits per heavy atom. The van der Waals surface area contributed by atoms with Gasteiger partial charge in [-0.05, 0) is 32.2 Å². The second-order valence-corrected chi connectivity index (χ2v) is 6.22. The van der Waals surface area contributed by atoms with Gasteiger partial charge in [0.1, 0.15) is 0 Å². The normalized spacial score (nSPS) is 13.7. The average Bonchev–Trinajstić information content (AvgIpc) is 2.75. The van der Waals surface area contributed by atoms with Crippen LogP contribution in [0.15, 0.2) is 22.5 Å². The second kappa shape index (κ2) is 7.99. The minimum absolute atomic E-state index is 0. The fourth-order valence-corrected chi connectivity index (χ4v) is 2.24. The summed E-state index contributed by atoms with van der Waals surface area (Å²) in [5.74, 6) is 1.37. The molecule has 1 unspecified atom stereocenters. The lowest BCUT2D eigenvalue weighted by molar-refractivity contribution is 0.500. The molecular formula is C13H24IN3S. The molecule has 104 valence electrons. The number of hydrogen-bond acceptors (Lipinski definition) is 2. The fourth-order valence-electron chi connectivity index (χ4n) is 1.46. The van der Waals surface area contributed by atoms with E-state index in [0.29, 0.717) is 5.92 Å². The predicted octanol–water partition coefficient (Wildman–Crippen LogP) is 3.43. The Kier molecular flexibility index (Phi) is 7.86. The van der Waals surface area contributed by atoms with Gasteiger partial charge in [0.05, 0.1) is 0 Å². The van der Waals surface area contributed by atoms with E-state index < -0.39 is 0 Å². The van der Waals surface area contributed by atoms with Gasteiger partial charge in [-0.3, -0.25) is 4.99 Å². The van der Waals surface area contributed by atoms with Crippen LogP contribution in [-0.2, 0) is 0 Å². The minimum atomic E-state index is 0. The number of aliphatic imine (C=N–C) groups is 1. The van der Waals surface area contributed by atoms with E-state index in [2.05, 4.69) is 60.8 Å². The lowest BCUT2D eigenvalue weighted by atomic mass is 10.1. The molecule has 0 aliphatic carbocycles.